The van der Waals surface area contributed by atoms with Gasteiger partial charge in [-0.2, -0.15) is 0 Å². The van der Waals surface area contributed by atoms with Crippen LogP contribution in [0.25, 0.3) is 0 Å². The van der Waals surface area contributed by atoms with Gasteiger partial charge in [0.2, 0.25) is 5.91 Å². The van der Waals surface area contributed by atoms with E-state index in [1.807, 2.05) is 6.92 Å². The minimum absolute atomic E-state index is 0.110. The lowest BCUT2D eigenvalue weighted by molar-refractivity contribution is -0.127. The minimum atomic E-state index is -0.665. The first-order valence-electron chi connectivity index (χ1n) is 6.83. The Morgan fingerprint density at radius 2 is 2.14 bits per heavy atom. The Balaban J connectivity index is 2.43. The van der Waals surface area contributed by atoms with E-state index in [1.165, 1.54) is 11.8 Å². The molecule has 0 aliphatic carbocycles. The van der Waals surface area contributed by atoms with Crippen LogP contribution in [0.3, 0.4) is 0 Å². The van der Waals surface area contributed by atoms with Gasteiger partial charge in [0.05, 0.1) is 5.69 Å². The van der Waals surface area contributed by atoms with Crippen LogP contribution in [0.4, 0.5) is 5.69 Å². The van der Waals surface area contributed by atoms with E-state index in [1.54, 1.807) is 25.1 Å². The summed E-state index contributed by atoms with van der Waals surface area (Å²) in [5.74, 6) is -0.161. The molecule has 0 bridgehead atoms. The number of likely N-dealkylation sites (N-methyl/N-ethyl adjacent to an activating group) is 1. The molecule has 1 aromatic carbocycles. The zero-order chi connectivity index (χ0) is 15.6. The molecule has 1 heterocycles. The lowest BCUT2D eigenvalue weighted by atomic mass is 10.1. The smallest absolute Gasteiger partial charge is 0.265 e. The van der Waals surface area contributed by atoms with Crippen LogP contribution < -0.4 is 15.0 Å². The fourth-order valence-electron chi connectivity index (χ4n) is 2.25. The van der Waals surface area contributed by atoms with E-state index in [0.29, 0.717) is 23.5 Å². The molecule has 2 amide bonds. The number of fused-ring (bicyclic) bond motifs is 1. The fraction of sp³-hybridized carbons (Fsp3) is 0.400. The summed E-state index contributed by atoms with van der Waals surface area (Å²) in [4.78, 5) is 37.0. The van der Waals surface area contributed by atoms with Gasteiger partial charge in [-0.1, -0.05) is 0 Å². The molecule has 0 radical (unpaired) electrons. The standard InChI is InChI=1S/C15H18N2O4/c1-4-16-15(20)9(2)17-12-7-11(10(3)18)5-6-13(12)21-8-14(17)19/h5-7,9H,4,8H2,1-3H3,(H,16,20). The molecule has 2 rings (SSSR count). The topological polar surface area (TPSA) is 75.7 Å². The van der Waals surface area contributed by atoms with Crippen molar-refractivity contribution < 1.29 is 19.1 Å². The van der Waals surface area contributed by atoms with E-state index in [2.05, 4.69) is 5.32 Å². The van der Waals surface area contributed by atoms with Crippen molar-refractivity contribution in [3.05, 3.63) is 23.8 Å². The van der Waals surface area contributed by atoms with Crippen LogP contribution in [0, 0.1) is 0 Å². The summed E-state index contributed by atoms with van der Waals surface area (Å²) < 4.78 is 5.36. The molecule has 6 heteroatoms. The second-order valence-electron chi connectivity index (χ2n) is 4.86. The Kier molecular flexibility index (Phi) is 4.26. The molecule has 6 nitrogen and oxygen atoms in total. The lowest BCUT2D eigenvalue weighted by Gasteiger charge is -2.33. The molecule has 0 saturated carbocycles. The maximum Gasteiger partial charge on any atom is 0.265 e. The Morgan fingerprint density at radius 3 is 2.76 bits per heavy atom. The number of anilines is 1. The number of nitrogens with one attached hydrogen (secondary N) is 1. The molecule has 0 aromatic heterocycles. The highest BCUT2D eigenvalue weighted by atomic mass is 16.5. The predicted molar refractivity (Wildman–Crippen MR) is 77.6 cm³/mol. The Bertz CT molecular complexity index is 597. The predicted octanol–water partition coefficient (Wildman–Crippen LogP) is 1.14. The van der Waals surface area contributed by atoms with Crippen molar-refractivity contribution in [1.82, 2.24) is 5.32 Å². The van der Waals surface area contributed by atoms with Crippen molar-refractivity contribution in [3.8, 4) is 5.75 Å². The van der Waals surface area contributed by atoms with Gasteiger partial charge in [-0.05, 0) is 39.0 Å². The number of ether oxygens (including phenoxy) is 1. The van der Waals surface area contributed by atoms with Crippen LogP contribution in [0.5, 0.6) is 5.75 Å². The molecular weight excluding hydrogens is 272 g/mol. The summed E-state index contributed by atoms with van der Waals surface area (Å²) in [6, 6.07) is 4.22. The van der Waals surface area contributed by atoms with Crippen molar-refractivity contribution in [1.29, 1.82) is 0 Å². The molecule has 112 valence electrons. The molecule has 0 spiro atoms. The summed E-state index contributed by atoms with van der Waals surface area (Å²) in [5.41, 5.74) is 0.929. The van der Waals surface area contributed by atoms with Gasteiger partial charge in [0.15, 0.2) is 12.4 Å². The Hall–Kier alpha value is -2.37. The number of rotatable bonds is 4. The number of Topliss-reactive ketones (excluding diaryl/α,β-unsaturated/α-hetero) is 1. The Labute approximate surface area is 123 Å². The van der Waals surface area contributed by atoms with Gasteiger partial charge in [-0.25, -0.2) is 0 Å². The third-order valence-electron chi connectivity index (χ3n) is 3.36. The zero-order valence-electron chi connectivity index (χ0n) is 12.3. The van der Waals surface area contributed by atoms with E-state index in [0.717, 1.165) is 0 Å². The lowest BCUT2D eigenvalue weighted by Crippen LogP contribution is -2.51. The van der Waals surface area contributed by atoms with Crippen molar-refractivity contribution >= 4 is 23.3 Å². The number of benzene rings is 1. The monoisotopic (exact) mass is 290 g/mol. The van der Waals surface area contributed by atoms with Gasteiger partial charge in [0.1, 0.15) is 11.8 Å². The first-order valence-corrected chi connectivity index (χ1v) is 6.83. The summed E-state index contributed by atoms with van der Waals surface area (Å²) in [6.45, 7) is 5.29. The highest BCUT2D eigenvalue weighted by molar-refractivity contribution is 6.05. The van der Waals surface area contributed by atoms with Crippen LogP contribution in [0.15, 0.2) is 18.2 Å². The number of nitrogens with zero attached hydrogens (tertiary/aromatic N) is 1. The molecule has 1 aromatic rings. The van der Waals surface area contributed by atoms with Crippen LogP contribution in [0.2, 0.25) is 0 Å². The van der Waals surface area contributed by atoms with E-state index < -0.39 is 6.04 Å². The van der Waals surface area contributed by atoms with Crippen LogP contribution in [0.1, 0.15) is 31.1 Å². The van der Waals surface area contributed by atoms with E-state index in [9.17, 15) is 14.4 Å². The van der Waals surface area contributed by atoms with Gasteiger partial charge in [0, 0.05) is 12.1 Å². The highest BCUT2D eigenvalue weighted by Crippen LogP contribution is 2.34. The third-order valence-corrected chi connectivity index (χ3v) is 3.36. The van der Waals surface area contributed by atoms with Crippen LogP contribution in [-0.4, -0.2) is 36.8 Å². The zero-order valence-corrected chi connectivity index (χ0v) is 12.3. The molecule has 1 unspecified atom stereocenters. The molecule has 1 aliphatic heterocycles. The summed E-state index contributed by atoms with van der Waals surface area (Å²) in [7, 11) is 0. The van der Waals surface area contributed by atoms with Gasteiger partial charge in [0.25, 0.3) is 5.91 Å². The van der Waals surface area contributed by atoms with Crippen molar-refractivity contribution in [2.45, 2.75) is 26.8 Å². The average Bonchev–Trinajstić information content (AvgIpc) is 2.46. The fourth-order valence-corrected chi connectivity index (χ4v) is 2.25. The minimum Gasteiger partial charge on any atom is -0.482 e. The number of ketones is 1. The summed E-state index contributed by atoms with van der Waals surface area (Å²) in [5, 5.41) is 2.69. The molecular formula is C15H18N2O4. The molecule has 0 saturated heterocycles. The largest absolute Gasteiger partial charge is 0.482 e. The van der Waals surface area contributed by atoms with Crippen LogP contribution in [-0.2, 0) is 9.59 Å². The van der Waals surface area contributed by atoms with Gasteiger partial charge >= 0.3 is 0 Å². The number of hydrogen-bond acceptors (Lipinski definition) is 4. The SMILES string of the molecule is CCNC(=O)C(C)N1C(=O)COc2ccc(C(C)=O)cc21. The van der Waals surface area contributed by atoms with E-state index in [-0.39, 0.29) is 24.2 Å². The third kappa shape index (κ3) is 2.89. The second-order valence-corrected chi connectivity index (χ2v) is 4.86. The number of amides is 2. The molecule has 21 heavy (non-hydrogen) atoms. The number of hydrogen-bond donors (Lipinski definition) is 1. The molecule has 1 N–H and O–H groups in total. The van der Waals surface area contributed by atoms with Gasteiger partial charge < -0.3 is 10.1 Å². The van der Waals surface area contributed by atoms with Crippen molar-refractivity contribution in [2.24, 2.45) is 0 Å². The number of carbonyl (C=O) groups is 3. The van der Waals surface area contributed by atoms with E-state index in [4.69, 9.17) is 4.74 Å². The van der Waals surface area contributed by atoms with E-state index >= 15 is 0 Å². The van der Waals surface area contributed by atoms with Gasteiger partial charge in [-0.3, -0.25) is 19.3 Å². The normalized spacial score (nSPS) is 15.0. The van der Waals surface area contributed by atoms with Crippen molar-refractivity contribution in [2.75, 3.05) is 18.1 Å². The molecule has 0 fully saturated rings. The second kappa shape index (κ2) is 5.95. The first kappa shape index (κ1) is 15.0. The van der Waals surface area contributed by atoms with Gasteiger partial charge in [-0.15, -0.1) is 0 Å². The Morgan fingerprint density at radius 1 is 1.43 bits per heavy atom. The van der Waals surface area contributed by atoms with Crippen LogP contribution >= 0.6 is 0 Å². The maximum absolute atomic E-state index is 12.1. The molecule has 1 atom stereocenters. The highest BCUT2D eigenvalue weighted by Gasteiger charge is 2.33. The maximum atomic E-state index is 12.1. The molecule has 1 aliphatic rings. The van der Waals surface area contributed by atoms with Crippen molar-refractivity contribution in [3.63, 3.8) is 0 Å². The quantitative estimate of drug-likeness (QED) is 0.844. The summed E-state index contributed by atoms with van der Waals surface area (Å²) in [6.07, 6.45) is 0. The number of carbonyl (C=O) groups excluding carboxylic acids is 3. The average molecular weight is 290 g/mol. The first-order chi connectivity index (χ1) is 9.95. The summed E-state index contributed by atoms with van der Waals surface area (Å²) >= 11 is 0.